The van der Waals surface area contributed by atoms with Gasteiger partial charge >= 0.3 is 0 Å². The van der Waals surface area contributed by atoms with Gasteiger partial charge in [0.1, 0.15) is 0 Å². The quantitative estimate of drug-likeness (QED) is 0.492. The highest BCUT2D eigenvalue weighted by Crippen LogP contribution is 2.06. The van der Waals surface area contributed by atoms with Gasteiger partial charge in [-0.3, -0.25) is 0 Å². The van der Waals surface area contributed by atoms with Crippen LogP contribution in [0.2, 0.25) is 0 Å². The number of nitrogens with two attached hydrogens (primary N) is 1. The maximum atomic E-state index is 5.04. The Bertz CT molecular complexity index is 69.5. The van der Waals surface area contributed by atoms with Crippen LogP contribution in [0.15, 0.2) is 0 Å². The molecule has 3 nitrogen and oxygen atoms in total. The Kier molecular flexibility index (Phi) is 2.97. The van der Waals surface area contributed by atoms with Crippen molar-refractivity contribution in [1.82, 2.24) is 5.32 Å². The highest BCUT2D eigenvalue weighted by atomic mass is 16.6. The van der Waals surface area contributed by atoms with E-state index < -0.39 is 0 Å². The summed E-state index contributed by atoms with van der Waals surface area (Å²) in [4.78, 5) is 4.73. The Hall–Kier alpha value is -0.120. The van der Waals surface area contributed by atoms with Crippen molar-refractivity contribution in [2.24, 2.45) is 5.90 Å². The van der Waals surface area contributed by atoms with Crippen LogP contribution in [0.5, 0.6) is 0 Å². The van der Waals surface area contributed by atoms with E-state index in [0.29, 0.717) is 6.10 Å². The molecule has 0 spiro atoms. The van der Waals surface area contributed by atoms with Crippen LogP contribution in [0.1, 0.15) is 19.3 Å². The van der Waals surface area contributed by atoms with E-state index in [9.17, 15) is 0 Å². The zero-order chi connectivity index (χ0) is 6.53. The summed E-state index contributed by atoms with van der Waals surface area (Å²) in [6.45, 7) is 2.15. The first-order chi connectivity index (χ1) is 4.43. The summed E-state index contributed by atoms with van der Waals surface area (Å²) in [5.74, 6) is 5.04. The third kappa shape index (κ3) is 2.30. The lowest BCUT2D eigenvalue weighted by Gasteiger charge is -2.08. The van der Waals surface area contributed by atoms with Crippen molar-refractivity contribution in [3.05, 3.63) is 0 Å². The first-order valence-corrected chi connectivity index (χ1v) is 3.50. The van der Waals surface area contributed by atoms with Gasteiger partial charge in [-0.15, -0.1) is 0 Å². The molecule has 1 aliphatic heterocycles. The molecule has 1 aliphatic rings. The van der Waals surface area contributed by atoms with E-state index in [1.54, 1.807) is 0 Å². The Morgan fingerprint density at radius 2 is 2.22 bits per heavy atom. The zero-order valence-corrected chi connectivity index (χ0v) is 5.60. The zero-order valence-electron chi connectivity index (χ0n) is 5.60. The molecule has 1 atom stereocenters. The number of hydrogen-bond donors (Lipinski definition) is 2. The minimum absolute atomic E-state index is 0.292. The molecule has 0 aromatic rings. The maximum absolute atomic E-state index is 5.04. The standard InChI is InChI=1S/C6H14N2O/c7-9-6-2-1-4-8-5-3-6/h6,8H,1-5,7H2. The van der Waals surface area contributed by atoms with E-state index >= 15 is 0 Å². The molecule has 0 radical (unpaired) electrons. The summed E-state index contributed by atoms with van der Waals surface area (Å²) < 4.78 is 0. The molecule has 54 valence electrons. The lowest BCUT2D eigenvalue weighted by atomic mass is 10.2. The molecule has 9 heavy (non-hydrogen) atoms. The van der Waals surface area contributed by atoms with Crippen molar-refractivity contribution in [2.45, 2.75) is 25.4 Å². The van der Waals surface area contributed by atoms with Gasteiger partial charge in [0.25, 0.3) is 0 Å². The van der Waals surface area contributed by atoms with E-state index in [2.05, 4.69) is 5.32 Å². The topological polar surface area (TPSA) is 47.3 Å². The maximum Gasteiger partial charge on any atom is 0.0800 e. The lowest BCUT2D eigenvalue weighted by molar-refractivity contribution is 0.0453. The second-order valence-electron chi connectivity index (χ2n) is 2.44. The molecule has 0 aromatic heterocycles. The lowest BCUT2D eigenvalue weighted by Crippen LogP contribution is -2.19. The van der Waals surface area contributed by atoms with Crippen molar-refractivity contribution in [3.8, 4) is 0 Å². The summed E-state index contributed by atoms with van der Waals surface area (Å²) >= 11 is 0. The Morgan fingerprint density at radius 1 is 1.33 bits per heavy atom. The molecular weight excluding hydrogens is 116 g/mol. The second kappa shape index (κ2) is 3.82. The summed E-state index contributed by atoms with van der Waals surface area (Å²) in [5, 5.41) is 3.28. The fourth-order valence-corrected chi connectivity index (χ4v) is 1.12. The third-order valence-electron chi connectivity index (χ3n) is 1.72. The van der Waals surface area contributed by atoms with Crippen molar-refractivity contribution in [1.29, 1.82) is 0 Å². The molecule has 0 aliphatic carbocycles. The van der Waals surface area contributed by atoms with Gasteiger partial charge < -0.3 is 10.2 Å². The van der Waals surface area contributed by atoms with Gasteiger partial charge in [-0.1, -0.05) is 0 Å². The minimum Gasteiger partial charge on any atom is -0.317 e. The molecule has 0 amide bonds. The van der Waals surface area contributed by atoms with Gasteiger partial charge in [-0.25, -0.2) is 5.90 Å². The molecule has 0 aromatic carbocycles. The third-order valence-corrected chi connectivity index (χ3v) is 1.72. The molecule has 0 bridgehead atoms. The first-order valence-electron chi connectivity index (χ1n) is 3.50. The summed E-state index contributed by atoms with van der Waals surface area (Å²) in [6, 6.07) is 0. The predicted molar refractivity (Wildman–Crippen MR) is 35.8 cm³/mol. The van der Waals surface area contributed by atoms with E-state index in [4.69, 9.17) is 10.7 Å². The molecule has 1 rings (SSSR count). The largest absolute Gasteiger partial charge is 0.317 e. The summed E-state index contributed by atoms with van der Waals surface area (Å²) in [6.07, 6.45) is 3.63. The smallest absolute Gasteiger partial charge is 0.0800 e. The highest BCUT2D eigenvalue weighted by molar-refractivity contribution is 4.64. The summed E-state index contributed by atoms with van der Waals surface area (Å²) in [5.41, 5.74) is 0. The average Bonchev–Trinajstić information content (AvgIpc) is 2.13. The molecule has 1 saturated heterocycles. The summed E-state index contributed by atoms with van der Waals surface area (Å²) in [7, 11) is 0. The number of rotatable bonds is 1. The SMILES string of the molecule is NOC1CCCNCC1. The van der Waals surface area contributed by atoms with Crippen molar-refractivity contribution in [2.75, 3.05) is 13.1 Å². The molecule has 1 heterocycles. The number of hydrogen-bond acceptors (Lipinski definition) is 3. The second-order valence-corrected chi connectivity index (χ2v) is 2.44. The van der Waals surface area contributed by atoms with Crippen molar-refractivity contribution in [3.63, 3.8) is 0 Å². The van der Waals surface area contributed by atoms with E-state index in [1.807, 2.05) is 0 Å². The van der Waals surface area contributed by atoms with Gasteiger partial charge in [-0.2, -0.15) is 0 Å². The van der Waals surface area contributed by atoms with Crippen LogP contribution in [-0.4, -0.2) is 19.2 Å². The van der Waals surface area contributed by atoms with Crippen LogP contribution < -0.4 is 11.2 Å². The van der Waals surface area contributed by atoms with Crippen LogP contribution in [0.4, 0.5) is 0 Å². The van der Waals surface area contributed by atoms with Crippen LogP contribution in [0.25, 0.3) is 0 Å². The van der Waals surface area contributed by atoms with Crippen LogP contribution >= 0.6 is 0 Å². The Labute approximate surface area is 55.5 Å². The van der Waals surface area contributed by atoms with E-state index in [1.165, 1.54) is 6.42 Å². The average molecular weight is 130 g/mol. The van der Waals surface area contributed by atoms with E-state index in [-0.39, 0.29) is 0 Å². The fraction of sp³-hybridized carbons (Fsp3) is 1.00. The molecular formula is C6H14N2O. The van der Waals surface area contributed by atoms with Gasteiger partial charge in [-0.05, 0) is 32.4 Å². The van der Waals surface area contributed by atoms with Crippen molar-refractivity contribution < 1.29 is 4.84 Å². The molecule has 3 N–H and O–H groups in total. The normalized spacial score (nSPS) is 29.7. The molecule has 1 fully saturated rings. The van der Waals surface area contributed by atoms with Crippen molar-refractivity contribution >= 4 is 0 Å². The fourth-order valence-electron chi connectivity index (χ4n) is 1.12. The van der Waals surface area contributed by atoms with Gasteiger partial charge in [0.15, 0.2) is 0 Å². The van der Waals surface area contributed by atoms with Crippen LogP contribution in [0, 0.1) is 0 Å². The van der Waals surface area contributed by atoms with Crippen LogP contribution in [0.3, 0.4) is 0 Å². The highest BCUT2D eigenvalue weighted by Gasteiger charge is 2.09. The van der Waals surface area contributed by atoms with Gasteiger partial charge in [0, 0.05) is 0 Å². The number of nitrogens with one attached hydrogen (secondary N) is 1. The van der Waals surface area contributed by atoms with Crippen LogP contribution in [-0.2, 0) is 4.84 Å². The molecule has 1 unspecified atom stereocenters. The van der Waals surface area contributed by atoms with Gasteiger partial charge in [0.2, 0.25) is 0 Å². The minimum atomic E-state index is 0.292. The first kappa shape index (κ1) is 6.99. The monoisotopic (exact) mass is 130 g/mol. The molecule has 0 saturated carbocycles. The predicted octanol–water partition coefficient (Wildman–Crippen LogP) is 0.0188. The Balaban J connectivity index is 2.18. The van der Waals surface area contributed by atoms with Gasteiger partial charge in [0.05, 0.1) is 6.10 Å². The Morgan fingerprint density at radius 3 is 3.00 bits per heavy atom. The molecule has 3 heteroatoms. The van der Waals surface area contributed by atoms with E-state index in [0.717, 1.165) is 25.9 Å².